The van der Waals surface area contributed by atoms with E-state index in [1.165, 1.54) is 5.56 Å². The zero-order chi connectivity index (χ0) is 12.5. The lowest BCUT2D eigenvalue weighted by Gasteiger charge is -2.38. The smallest absolute Gasteiger partial charge is 0.230 e. The lowest BCUT2D eigenvalue weighted by Crippen LogP contribution is -2.43. The Morgan fingerprint density at radius 3 is 2.89 bits per heavy atom. The fourth-order valence-electron chi connectivity index (χ4n) is 2.83. The van der Waals surface area contributed by atoms with Gasteiger partial charge in [-0.15, -0.1) is 0 Å². The van der Waals surface area contributed by atoms with E-state index in [1.54, 1.807) is 0 Å². The molecule has 4 heteroatoms. The third kappa shape index (κ3) is 1.88. The topological polar surface area (TPSA) is 49.4 Å². The SMILES string of the molecule is O=C1CCN(C2CCNc3ccccc32)C(=O)C1. The second-order valence-corrected chi connectivity index (χ2v) is 4.87. The van der Waals surface area contributed by atoms with Crippen LogP contribution in [0, 0.1) is 0 Å². The normalized spacial score (nSPS) is 23.6. The lowest BCUT2D eigenvalue weighted by atomic mass is 9.94. The number of benzene rings is 1. The monoisotopic (exact) mass is 244 g/mol. The summed E-state index contributed by atoms with van der Waals surface area (Å²) in [5.74, 6) is 0.0476. The molecule has 1 amide bonds. The van der Waals surface area contributed by atoms with Gasteiger partial charge >= 0.3 is 0 Å². The van der Waals surface area contributed by atoms with Crippen LogP contribution in [-0.2, 0) is 9.59 Å². The number of Topliss-reactive ketones (excluding diaryl/α,β-unsaturated/α-hetero) is 1. The van der Waals surface area contributed by atoms with Gasteiger partial charge in [-0.3, -0.25) is 9.59 Å². The highest BCUT2D eigenvalue weighted by Gasteiger charge is 2.32. The average molecular weight is 244 g/mol. The van der Waals surface area contributed by atoms with Gasteiger partial charge in [0.25, 0.3) is 0 Å². The molecular weight excluding hydrogens is 228 g/mol. The number of anilines is 1. The number of hydrogen-bond donors (Lipinski definition) is 1. The summed E-state index contributed by atoms with van der Waals surface area (Å²) < 4.78 is 0. The summed E-state index contributed by atoms with van der Waals surface area (Å²) in [7, 11) is 0. The Morgan fingerprint density at radius 1 is 1.22 bits per heavy atom. The van der Waals surface area contributed by atoms with E-state index in [-0.39, 0.29) is 24.2 Å². The zero-order valence-corrected chi connectivity index (χ0v) is 10.2. The Kier molecular flexibility index (Phi) is 2.78. The molecule has 1 fully saturated rings. The van der Waals surface area contributed by atoms with E-state index >= 15 is 0 Å². The second-order valence-electron chi connectivity index (χ2n) is 4.87. The summed E-state index contributed by atoms with van der Waals surface area (Å²) in [5, 5.41) is 3.35. The Hall–Kier alpha value is -1.84. The number of amides is 1. The molecule has 1 unspecified atom stereocenters. The van der Waals surface area contributed by atoms with E-state index in [0.29, 0.717) is 13.0 Å². The third-order valence-electron chi connectivity index (χ3n) is 3.73. The van der Waals surface area contributed by atoms with Gasteiger partial charge in [0, 0.05) is 25.2 Å². The summed E-state index contributed by atoms with van der Waals surface area (Å²) in [6.45, 7) is 1.44. The zero-order valence-electron chi connectivity index (χ0n) is 10.2. The van der Waals surface area contributed by atoms with Gasteiger partial charge in [0.15, 0.2) is 0 Å². The molecular formula is C14H16N2O2. The van der Waals surface area contributed by atoms with Crippen LogP contribution in [0.4, 0.5) is 5.69 Å². The summed E-state index contributed by atoms with van der Waals surface area (Å²) >= 11 is 0. The van der Waals surface area contributed by atoms with Gasteiger partial charge in [-0.25, -0.2) is 0 Å². The number of piperidine rings is 1. The number of likely N-dealkylation sites (tertiary alicyclic amines) is 1. The van der Waals surface area contributed by atoms with Crippen LogP contribution in [0.1, 0.15) is 30.9 Å². The molecule has 94 valence electrons. The van der Waals surface area contributed by atoms with Gasteiger partial charge in [0.05, 0.1) is 12.5 Å². The quantitative estimate of drug-likeness (QED) is 0.765. The maximum Gasteiger partial charge on any atom is 0.230 e. The van der Waals surface area contributed by atoms with Crippen LogP contribution in [0.2, 0.25) is 0 Å². The second kappa shape index (κ2) is 4.44. The van der Waals surface area contributed by atoms with Crippen molar-refractivity contribution in [1.29, 1.82) is 0 Å². The van der Waals surface area contributed by atoms with Crippen LogP contribution < -0.4 is 5.32 Å². The molecule has 1 aromatic rings. The van der Waals surface area contributed by atoms with Crippen molar-refractivity contribution in [2.24, 2.45) is 0 Å². The van der Waals surface area contributed by atoms with Crippen LogP contribution in [-0.4, -0.2) is 29.7 Å². The number of rotatable bonds is 1. The maximum absolute atomic E-state index is 12.0. The van der Waals surface area contributed by atoms with Crippen molar-refractivity contribution in [1.82, 2.24) is 4.90 Å². The molecule has 1 aromatic carbocycles. The maximum atomic E-state index is 12.0. The fourth-order valence-corrected chi connectivity index (χ4v) is 2.83. The first-order chi connectivity index (χ1) is 8.75. The van der Waals surface area contributed by atoms with Crippen LogP contribution in [0.25, 0.3) is 0 Å². The van der Waals surface area contributed by atoms with Gasteiger partial charge in [-0.1, -0.05) is 18.2 Å². The van der Waals surface area contributed by atoms with Crippen LogP contribution in [0.15, 0.2) is 24.3 Å². The molecule has 0 radical (unpaired) electrons. The number of ketones is 1. The first kappa shape index (κ1) is 11.3. The Labute approximate surface area is 106 Å². The van der Waals surface area contributed by atoms with Crippen molar-refractivity contribution in [3.8, 4) is 0 Å². The third-order valence-corrected chi connectivity index (χ3v) is 3.73. The van der Waals surface area contributed by atoms with Crippen molar-refractivity contribution in [2.75, 3.05) is 18.4 Å². The summed E-state index contributed by atoms with van der Waals surface area (Å²) in [6, 6.07) is 8.23. The lowest BCUT2D eigenvalue weighted by molar-refractivity contribution is -0.141. The highest BCUT2D eigenvalue weighted by Crippen LogP contribution is 2.35. The summed E-state index contributed by atoms with van der Waals surface area (Å²) in [6.07, 6.45) is 1.49. The van der Waals surface area contributed by atoms with Crippen LogP contribution in [0.5, 0.6) is 0 Å². The van der Waals surface area contributed by atoms with Crippen molar-refractivity contribution in [3.05, 3.63) is 29.8 Å². The first-order valence-corrected chi connectivity index (χ1v) is 6.39. The van der Waals surface area contributed by atoms with Crippen molar-refractivity contribution in [3.63, 3.8) is 0 Å². The highest BCUT2D eigenvalue weighted by atomic mass is 16.2. The molecule has 18 heavy (non-hydrogen) atoms. The summed E-state index contributed by atoms with van der Waals surface area (Å²) in [5.41, 5.74) is 2.28. The van der Waals surface area contributed by atoms with E-state index in [2.05, 4.69) is 11.4 Å². The number of nitrogens with one attached hydrogen (secondary N) is 1. The fraction of sp³-hybridized carbons (Fsp3) is 0.429. The van der Waals surface area contributed by atoms with Gasteiger partial charge in [-0.2, -0.15) is 0 Å². The average Bonchev–Trinajstić information content (AvgIpc) is 2.38. The standard InChI is InChI=1S/C14H16N2O2/c17-10-6-8-16(14(18)9-10)13-5-7-15-12-4-2-1-3-11(12)13/h1-4,13,15H,5-9H2. The van der Waals surface area contributed by atoms with Crippen molar-refractivity contribution >= 4 is 17.4 Å². The van der Waals surface area contributed by atoms with E-state index < -0.39 is 0 Å². The van der Waals surface area contributed by atoms with E-state index in [1.807, 2.05) is 23.1 Å². The van der Waals surface area contributed by atoms with E-state index in [4.69, 9.17) is 0 Å². The minimum absolute atomic E-state index is 0.0204. The van der Waals surface area contributed by atoms with Crippen LogP contribution >= 0.6 is 0 Å². The summed E-state index contributed by atoms with van der Waals surface area (Å²) in [4.78, 5) is 25.2. The van der Waals surface area contributed by atoms with E-state index in [0.717, 1.165) is 18.7 Å². The van der Waals surface area contributed by atoms with Crippen LogP contribution in [0.3, 0.4) is 0 Å². The van der Waals surface area contributed by atoms with Gasteiger partial charge in [0.1, 0.15) is 5.78 Å². The largest absolute Gasteiger partial charge is 0.385 e. The molecule has 0 bridgehead atoms. The Bertz CT molecular complexity index is 498. The van der Waals surface area contributed by atoms with Crippen molar-refractivity contribution in [2.45, 2.75) is 25.3 Å². The molecule has 0 spiro atoms. The Balaban J connectivity index is 1.89. The van der Waals surface area contributed by atoms with Gasteiger partial charge < -0.3 is 10.2 Å². The number of hydrogen-bond acceptors (Lipinski definition) is 3. The minimum Gasteiger partial charge on any atom is -0.385 e. The number of nitrogens with zero attached hydrogens (tertiary/aromatic N) is 1. The van der Waals surface area contributed by atoms with Gasteiger partial charge in [-0.05, 0) is 18.1 Å². The van der Waals surface area contributed by atoms with E-state index in [9.17, 15) is 9.59 Å². The predicted molar refractivity (Wildman–Crippen MR) is 68.2 cm³/mol. The highest BCUT2D eigenvalue weighted by molar-refractivity contribution is 6.00. The molecule has 1 saturated heterocycles. The molecule has 3 rings (SSSR count). The molecule has 0 aliphatic carbocycles. The molecule has 2 aliphatic rings. The molecule has 4 nitrogen and oxygen atoms in total. The molecule has 2 heterocycles. The molecule has 2 aliphatic heterocycles. The van der Waals surface area contributed by atoms with Crippen molar-refractivity contribution < 1.29 is 9.59 Å². The number of para-hydroxylation sites is 1. The number of fused-ring (bicyclic) bond motifs is 1. The number of carbonyl (C=O) groups excluding carboxylic acids is 2. The Morgan fingerprint density at radius 2 is 2.06 bits per heavy atom. The molecule has 0 aromatic heterocycles. The molecule has 0 saturated carbocycles. The number of carbonyl (C=O) groups is 2. The molecule has 1 atom stereocenters. The minimum atomic E-state index is -0.0204. The molecule has 1 N–H and O–H groups in total. The predicted octanol–water partition coefficient (Wildman–Crippen LogP) is 1.73. The first-order valence-electron chi connectivity index (χ1n) is 6.39. The van der Waals surface area contributed by atoms with Gasteiger partial charge in [0.2, 0.25) is 5.91 Å².